The molecule has 0 aromatic carbocycles. The Balaban J connectivity index is 2.47. The van der Waals surface area contributed by atoms with Gasteiger partial charge in [-0.15, -0.1) is 0 Å². The standard InChI is InChI=1S/C13H27N3O/c1-3-4-9-15-12(17)16-13(10-14)8-6-5-7-11(13)2/h11H,3-10,14H2,1-2H3,(H2,15,16,17). The summed E-state index contributed by atoms with van der Waals surface area (Å²) >= 11 is 0. The second-order valence-corrected chi connectivity index (χ2v) is 5.24. The van der Waals surface area contributed by atoms with Gasteiger partial charge in [0.05, 0.1) is 5.54 Å². The van der Waals surface area contributed by atoms with Crippen molar-refractivity contribution in [1.82, 2.24) is 10.6 Å². The molecule has 4 nitrogen and oxygen atoms in total. The van der Waals surface area contributed by atoms with E-state index in [4.69, 9.17) is 5.73 Å². The molecule has 100 valence electrons. The molecule has 1 aliphatic carbocycles. The van der Waals surface area contributed by atoms with E-state index < -0.39 is 0 Å². The highest BCUT2D eigenvalue weighted by molar-refractivity contribution is 5.74. The molecule has 0 aromatic rings. The number of rotatable bonds is 5. The number of amides is 2. The van der Waals surface area contributed by atoms with E-state index in [1.807, 2.05) is 0 Å². The number of carbonyl (C=O) groups excluding carboxylic acids is 1. The van der Waals surface area contributed by atoms with Crippen LogP contribution in [0.5, 0.6) is 0 Å². The molecule has 1 aliphatic rings. The van der Waals surface area contributed by atoms with E-state index in [9.17, 15) is 4.79 Å². The van der Waals surface area contributed by atoms with Crippen LogP contribution in [0.3, 0.4) is 0 Å². The maximum absolute atomic E-state index is 11.8. The molecule has 0 heterocycles. The normalized spacial score (nSPS) is 28.8. The summed E-state index contributed by atoms with van der Waals surface area (Å²) in [6, 6.07) is -0.0577. The Labute approximate surface area is 105 Å². The summed E-state index contributed by atoms with van der Waals surface area (Å²) in [5, 5.41) is 6.02. The highest BCUT2D eigenvalue weighted by Gasteiger charge is 2.38. The minimum atomic E-state index is -0.186. The van der Waals surface area contributed by atoms with Gasteiger partial charge in [-0.2, -0.15) is 0 Å². The van der Waals surface area contributed by atoms with E-state index in [0.717, 1.165) is 38.6 Å². The van der Waals surface area contributed by atoms with Crippen LogP contribution in [-0.4, -0.2) is 24.7 Å². The Hall–Kier alpha value is -0.770. The molecule has 1 rings (SSSR count). The summed E-state index contributed by atoms with van der Waals surface area (Å²) < 4.78 is 0. The van der Waals surface area contributed by atoms with Crippen molar-refractivity contribution in [2.24, 2.45) is 11.7 Å². The summed E-state index contributed by atoms with van der Waals surface area (Å²) in [5.74, 6) is 0.471. The van der Waals surface area contributed by atoms with Crippen molar-refractivity contribution in [3.8, 4) is 0 Å². The van der Waals surface area contributed by atoms with Gasteiger partial charge in [0.2, 0.25) is 0 Å². The van der Waals surface area contributed by atoms with Crippen LogP contribution >= 0.6 is 0 Å². The Kier molecular flexibility index (Phi) is 5.75. The van der Waals surface area contributed by atoms with Crippen LogP contribution in [0.15, 0.2) is 0 Å². The molecule has 2 atom stereocenters. The monoisotopic (exact) mass is 241 g/mol. The molecular formula is C13H27N3O. The van der Waals surface area contributed by atoms with E-state index in [1.54, 1.807) is 0 Å². The fraction of sp³-hybridized carbons (Fsp3) is 0.923. The first kappa shape index (κ1) is 14.3. The van der Waals surface area contributed by atoms with Crippen LogP contribution in [0.1, 0.15) is 52.4 Å². The predicted molar refractivity (Wildman–Crippen MR) is 70.9 cm³/mol. The van der Waals surface area contributed by atoms with Crippen LogP contribution in [0.25, 0.3) is 0 Å². The zero-order valence-corrected chi connectivity index (χ0v) is 11.2. The van der Waals surface area contributed by atoms with Gasteiger partial charge < -0.3 is 16.4 Å². The van der Waals surface area contributed by atoms with E-state index in [0.29, 0.717) is 12.5 Å². The van der Waals surface area contributed by atoms with Crippen LogP contribution in [-0.2, 0) is 0 Å². The van der Waals surface area contributed by atoms with Gasteiger partial charge in [0, 0.05) is 13.1 Å². The Morgan fingerprint density at radius 1 is 1.47 bits per heavy atom. The third kappa shape index (κ3) is 3.87. The van der Waals surface area contributed by atoms with Crippen LogP contribution in [0, 0.1) is 5.92 Å². The minimum Gasteiger partial charge on any atom is -0.338 e. The van der Waals surface area contributed by atoms with Gasteiger partial charge in [-0.05, 0) is 25.2 Å². The van der Waals surface area contributed by atoms with E-state index >= 15 is 0 Å². The second kappa shape index (κ2) is 6.84. The first-order valence-corrected chi connectivity index (χ1v) is 6.90. The first-order chi connectivity index (χ1) is 8.14. The lowest BCUT2D eigenvalue weighted by atomic mass is 9.73. The quantitative estimate of drug-likeness (QED) is 0.644. The van der Waals surface area contributed by atoms with Gasteiger partial charge >= 0.3 is 6.03 Å². The molecule has 0 spiro atoms. The second-order valence-electron chi connectivity index (χ2n) is 5.24. The molecule has 0 bridgehead atoms. The number of hydrogen-bond donors (Lipinski definition) is 3. The van der Waals surface area contributed by atoms with Crippen molar-refractivity contribution < 1.29 is 4.79 Å². The number of unbranched alkanes of at least 4 members (excludes halogenated alkanes) is 1. The number of hydrogen-bond acceptors (Lipinski definition) is 2. The fourth-order valence-electron chi connectivity index (χ4n) is 2.60. The topological polar surface area (TPSA) is 67.2 Å². The largest absolute Gasteiger partial charge is 0.338 e. The third-order valence-electron chi connectivity index (χ3n) is 4.00. The Bertz CT molecular complexity index is 245. The Morgan fingerprint density at radius 2 is 2.24 bits per heavy atom. The van der Waals surface area contributed by atoms with Crippen LogP contribution < -0.4 is 16.4 Å². The van der Waals surface area contributed by atoms with Crippen molar-refractivity contribution in [3.63, 3.8) is 0 Å². The van der Waals surface area contributed by atoms with Crippen LogP contribution in [0.4, 0.5) is 4.79 Å². The molecule has 2 unspecified atom stereocenters. The number of nitrogens with two attached hydrogens (primary N) is 1. The van der Waals surface area contributed by atoms with Crippen molar-refractivity contribution in [1.29, 1.82) is 0 Å². The molecule has 0 aliphatic heterocycles. The van der Waals surface area contributed by atoms with Gasteiger partial charge in [-0.25, -0.2) is 4.79 Å². The highest BCUT2D eigenvalue weighted by atomic mass is 16.2. The highest BCUT2D eigenvalue weighted by Crippen LogP contribution is 2.32. The van der Waals surface area contributed by atoms with Crippen molar-refractivity contribution in [2.45, 2.75) is 57.9 Å². The van der Waals surface area contributed by atoms with E-state index in [1.165, 1.54) is 6.42 Å². The van der Waals surface area contributed by atoms with Gasteiger partial charge in [-0.3, -0.25) is 0 Å². The van der Waals surface area contributed by atoms with Crippen molar-refractivity contribution in [2.75, 3.05) is 13.1 Å². The summed E-state index contributed by atoms with van der Waals surface area (Å²) in [5.41, 5.74) is 5.70. The lowest BCUT2D eigenvalue weighted by Crippen LogP contribution is -2.61. The van der Waals surface area contributed by atoms with Gasteiger partial charge in [0.25, 0.3) is 0 Å². The molecule has 0 radical (unpaired) electrons. The van der Waals surface area contributed by atoms with Crippen molar-refractivity contribution in [3.05, 3.63) is 0 Å². The average molecular weight is 241 g/mol. The SMILES string of the molecule is CCCCNC(=O)NC1(CN)CCCCC1C. The molecule has 4 N–H and O–H groups in total. The molecule has 0 saturated heterocycles. The number of carbonyl (C=O) groups is 1. The zero-order chi connectivity index (χ0) is 12.7. The van der Waals surface area contributed by atoms with Crippen molar-refractivity contribution >= 4 is 6.03 Å². The summed E-state index contributed by atoms with van der Waals surface area (Å²) in [6.45, 7) is 5.59. The summed E-state index contributed by atoms with van der Waals surface area (Å²) in [6.07, 6.45) is 6.70. The molecule has 2 amide bonds. The fourth-order valence-corrected chi connectivity index (χ4v) is 2.60. The maximum Gasteiger partial charge on any atom is 0.315 e. The maximum atomic E-state index is 11.8. The Morgan fingerprint density at radius 3 is 2.82 bits per heavy atom. The molecule has 1 fully saturated rings. The van der Waals surface area contributed by atoms with Gasteiger partial charge in [-0.1, -0.05) is 33.1 Å². The minimum absolute atomic E-state index is 0.0577. The third-order valence-corrected chi connectivity index (χ3v) is 4.00. The molecule has 4 heteroatoms. The lowest BCUT2D eigenvalue weighted by molar-refractivity contribution is 0.160. The molecule has 0 aromatic heterocycles. The molecule has 1 saturated carbocycles. The predicted octanol–water partition coefficient (Wildman–Crippen LogP) is 1.99. The van der Waals surface area contributed by atoms with Crippen LogP contribution in [0.2, 0.25) is 0 Å². The average Bonchev–Trinajstić information content (AvgIpc) is 2.32. The molecular weight excluding hydrogens is 214 g/mol. The lowest BCUT2D eigenvalue weighted by Gasteiger charge is -2.42. The number of nitrogens with one attached hydrogen (secondary N) is 2. The zero-order valence-electron chi connectivity index (χ0n) is 11.2. The van der Waals surface area contributed by atoms with Gasteiger partial charge in [0.15, 0.2) is 0 Å². The molecule has 17 heavy (non-hydrogen) atoms. The first-order valence-electron chi connectivity index (χ1n) is 6.90. The smallest absolute Gasteiger partial charge is 0.315 e. The number of urea groups is 1. The summed E-state index contributed by atoms with van der Waals surface area (Å²) in [4.78, 5) is 11.8. The van der Waals surface area contributed by atoms with Gasteiger partial charge in [0.1, 0.15) is 0 Å². The van der Waals surface area contributed by atoms with E-state index in [2.05, 4.69) is 24.5 Å². The van der Waals surface area contributed by atoms with E-state index in [-0.39, 0.29) is 11.6 Å². The summed E-state index contributed by atoms with van der Waals surface area (Å²) in [7, 11) is 0.